The van der Waals surface area contributed by atoms with E-state index in [0.717, 1.165) is 16.8 Å². The molecule has 0 spiro atoms. The fraction of sp³-hybridized carbons (Fsp3) is 0.333. The first-order valence-corrected chi connectivity index (χ1v) is 9.07. The molecular weight excluding hydrogens is 342 g/mol. The molecule has 1 nitrogen and oxygen atoms in total. The number of aryl methyl sites for hydroxylation is 2. The molecule has 0 saturated heterocycles. The summed E-state index contributed by atoms with van der Waals surface area (Å²) >= 11 is 5.43. The van der Waals surface area contributed by atoms with E-state index in [2.05, 4.69) is 84.5 Å². The highest BCUT2D eigenvalue weighted by atomic mass is 79.9. The number of halogens is 1. The molecule has 0 fully saturated rings. The Balaban J connectivity index is 2.12. The molecule has 1 atom stereocenters. The second-order valence-electron chi connectivity index (χ2n) is 5.24. The summed E-state index contributed by atoms with van der Waals surface area (Å²) in [7, 11) is 0. The highest BCUT2D eigenvalue weighted by Gasteiger charge is 2.13. The SMILES string of the molecule is CCNC(CSc1cccc(Br)c1)c1ccc(C)cc1C. The summed E-state index contributed by atoms with van der Waals surface area (Å²) in [6, 6.07) is 15.6. The summed E-state index contributed by atoms with van der Waals surface area (Å²) in [5, 5.41) is 3.61. The molecule has 0 bridgehead atoms. The van der Waals surface area contributed by atoms with Crippen LogP contribution >= 0.6 is 27.7 Å². The third-order valence-corrected chi connectivity index (χ3v) is 5.04. The van der Waals surface area contributed by atoms with E-state index < -0.39 is 0 Å². The van der Waals surface area contributed by atoms with Crippen LogP contribution in [0.15, 0.2) is 51.8 Å². The Hall–Kier alpha value is -0.770. The third-order valence-electron chi connectivity index (χ3n) is 3.46. The third kappa shape index (κ3) is 4.87. The van der Waals surface area contributed by atoms with E-state index in [1.54, 1.807) is 0 Å². The maximum atomic E-state index is 3.61. The summed E-state index contributed by atoms with van der Waals surface area (Å²) in [6.07, 6.45) is 0. The fourth-order valence-electron chi connectivity index (χ4n) is 2.46. The summed E-state index contributed by atoms with van der Waals surface area (Å²) in [6.45, 7) is 7.50. The summed E-state index contributed by atoms with van der Waals surface area (Å²) in [5.74, 6) is 1.04. The van der Waals surface area contributed by atoms with Gasteiger partial charge in [0.1, 0.15) is 0 Å². The van der Waals surface area contributed by atoms with E-state index in [0.29, 0.717) is 6.04 Å². The van der Waals surface area contributed by atoms with E-state index in [1.807, 2.05) is 11.8 Å². The molecule has 0 aliphatic rings. The summed E-state index contributed by atoms with van der Waals surface area (Å²) < 4.78 is 1.14. The van der Waals surface area contributed by atoms with Crippen LogP contribution < -0.4 is 5.32 Å². The van der Waals surface area contributed by atoms with Gasteiger partial charge in [0.05, 0.1) is 0 Å². The standard InChI is InChI=1S/C18H22BrNS/c1-4-20-18(17-9-8-13(2)10-14(17)3)12-21-16-7-5-6-15(19)11-16/h5-11,18,20H,4,12H2,1-3H3. The van der Waals surface area contributed by atoms with Gasteiger partial charge >= 0.3 is 0 Å². The van der Waals surface area contributed by atoms with Crippen molar-refractivity contribution in [2.75, 3.05) is 12.3 Å². The number of rotatable bonds is 6. The van der Waals surface area contributed by atoms with Crippen molar-refractivity contribution >= 4 is 27.7 Å². The first-order chi connectivity index (χ1) is 10.1. The summed E-state index contributed by atoms with van der Waals surface area (Å²) in [5.41, 5.74) is 4.10. The van der Waals surface area contributed by atoms with Crippen molar-refractivity contribution in [1.82, 2.24) is 5.32 Å². The molecule has 21 heavy (non-hydrogen) atoms. The van der Waals surface area contributed by atoms with Crippen molar-refractivity contribution in [3.63, 3.8) is 0 Å². The monoisotopic (exact) mass is 363 g/mol. The van der Waals surface area contributed by atoms with Crippen LogP contribution in [0.4, 0.5) is 0 Å². The maximum Gasteiger partial charge on any atom is 0.0417 e. The fourth-order valence-corrected chi connectivity index (χ4v) is 4.05. The van der Waals surface area contributed by atoms with Gasteiger partial charge in [0, 0.05) is 21.2 Å². The zero-order chi connectivity index (χ0) is 15.2. The van der Waals surface area contributed by atoms with Crippen LogP contribution in [0.1, 0.15) is 29.7 Å². The van der Waals surface area contributed by atoms with Gasteiger partial charge < -0.3 is 5.32 Å². The van der Waals surface area contributed by atoms with E-state index in [1.165, 1.54) is 21.6 Å². The minimum atomic E-state index is 0.389. The average Bonchev–Trinajstić information content (AvgIpc) is 2.44. The quantitative estimate of drug-likeness (QED) is 0.679. The van der Waals surface area contributed by atoms with E-state index in [9.17, 15) is 0 Å². The number of benzene rings is 2. The number of hydrogen-bond donors (Lipinski definition) is 1. The van der Waals surface area contributed by atoms with Crippen molar-refractivity contribution in [2.45, 2.75) is 31.7 Å². The molecule has 112 valence electrons. The topological polar surface area (TPSA) is 12.0 Å². The van der Waals surface area contributed by atoms with Crippen molar-refractivity contribution < 1.29 is 0 Å². The highest BCUT2D eigenvalue weighted by molar-refractivity contribution is 9.10. The van der Waals surface area contributed by atoms with Crippen LogP contribution in [0.3, 0.4) is 0 Å². The Bertz CT molecular complexity index is 598. The van der Waals surface area contributed by atoms with E-state index in [-0.39, 0.29) is 0 Å². The number of nitrogens with one attached hydrogen (secondary N) is 1. The Morgan fingerprint density at radius 3 is 2.62 bits per heavy atom. The molecule has 0 saturated carbocycles. The van der Waals surface area contributed by atoms with Crippen LogP contribution in [0.25, 0.3) is 0 Å². The van der Waals surface area contributed by atoms with Crippen molar-refractivity contribution in [3.05, 3.63) is 63.6 Å². The Kier molecular flexibility index (Phi) is 6.34. The molecule has 1 unspecified atom stereocenters. The first-order valence-electron chi connectivity index (χ1n) is 7.29. The van der Waals surface area contributed by atoms with Crippen molar-refractivity contribution in [1.29, 1.82) is 0 Å². The van der Waals surface area contributed by atoms with E-state index >= 15 is 0 Å². The minimum Gasteiger partial charge on any atom is -0.309 e. The van der Waals surface area contributed by atoms with Gasteiger partial charge in [-0.2, -0.15) is 0 Å². The Labute approximate surface area is 140 Å². The Morgan fingerprint density at radius 2 is 1.95 bits per heavy atom. The molecule has 0 aromatic heterocycles. The lowest BCUT2D eigenvalue weighted by atomic mass is 10.0. The van der Waals surface area contributed by atoms with Crippen LogP contribution in [0, 0.1) is 13.8 Å². The number of thioether (sulfide) groups is 1. The minimum absolute atomic E-state index is 0.389. The lowest BCUT2D eigenvalue weighted by Gasteiger charge is -2.20. The van der Waals surface area contributed by atoms with Crippen LogP contribution in [0.2, 0.25) is 0 Å². The summed E-state index contributed by atoms with van der Waals surface area (Å²) in [4.78, 5) is 1.30. The molecule has 0 radical (unpaired) electrons. The molecule has 0 aliphatic heterocycles. The van der Waals surface area contributed by atoms with Crippen molar-refractivity contribution in [3.8, 4) is 0 Å². The van der Waals surface area contributed by atoms with Crippen LogP contribution in [-0.2, 0) is 0 Å². The van der Waals surface area contributed by atoms with Gasteiger partial charge in [-0.15, -0.1) is 11.8 Å². The van der Waals surface area contributed by atoms with Crippen molar-refractivity contribution in [2.24, 2.45) is 0 Å². The maximum absolute atomic E-state index is 3.61. The smallest absolute Gasteiger partial charge is 0.0417 e. The molecule has 2 rings (SSSR count). The van der Waals surface area contributed by atoms with Gasteiger partial charge in [-0.3, -0.25) is 0 Å². The molecule has 1 N–H and O–H groups in total. The molecule has 0 amide bonds. The molecule has 3 heteroatoms. The molecule has 2 aromatic carbocycles. The zero-order valence-corrected chi connectivity index (χ0v) is 15.2. The van der Waals surface area contributed by atoms with Gasteiger partial charge in [0.2, 0.25) is 0 Å². The number of hydrogen-bond acceptors (Lipinski definition) is 2. The molecule has 0 heterocycles. The normalized spacial score (nSPS) is 12.4. The second kappa shape index (κ2) is 8.02. The lowest BCUT2D eigenvalue weighted by molar-refractivity contribution is 0.603. The van der Waals surface area contributed by atoms with Crippen LogP contribution in [-0.4, -0.2) is 12.3 Å². The molecule has 0 aliphatic carbocycles. The van der Waals surface area contributed by atoms with Crippen LogP contribution in [0.5, 0.6) is 0 Å². The highest BCUT2D eigenvalue weighted by Crippen LogP contribution is 2.28. The Morgan fingerprint density at radius 1 is 1.14 bits per heavy atom. The predicted molar refractivity (Wildman–Crippen MR) is 97.2 cm³/mol. The van der Waals surface area contributed by atoms with Gasteiger partial charge in [-0.1, -0.05) is 52.7 Å². The predicted octanol–water partition coefficient (Wildman–Crippen LogP) is 5.51. The van der Waals surface area contributed by atoms with Gasteiger partial charge in [0.15, 0.2) is 0 Å². The zero-order valence-electron chi connectivity index (χ0n) is 12.8. The van der Waals surface area contributed by atoms with Gasteiger partial charge in [0.25, 0.3) is 0 Å². The van der Waals surface area contributed by atoms with Gasteiger partial charge in [-0.25, -0.2) is 0 Å². The molecule has 2 aromatic rings. The largest absolute Gasteiger partial charge is 0.309 e. The first kappa shape index (κ1) is 16.6. The second-order valence-corrected chi connectivity index (χ2v) is 7.25. The lowest BCUT2D eigenvalue weighted by Crippen LogP contribution is -2.23. The molecular formula is C18H22BrNS. The van der Waals surface area contributed by atoms with E-state index in [4.69, 9.17) is 0 Å². The average molecular weight is 364 g/mol. The van der Waals surface area contributed by atoms with Gasteiger partial charge in [-0.05, 0) is 49.7 Å².